The molecule has 6 heteroatoms. The number of rotatable bonds is 4. The summed E-state index contributed by atoms with van der Waals surface area (Å²) in [5, 5.41) is 5.45. The number of hydrazone groups is 1. The number of benzene rings is 2. The third-order valence-corrected chi connectivity index (χ3v) is 5.03. The quantitative estimate of drug-likeness (QED) is 0.523. The van der Waals surface area contributed by atoms with Crippen molar-refractivity contribution in [3.05, 3.63) is 64.4 Å². The van der Waals surface area contributed by atoms with Crippen molar-refractivity contribution in [2.75, 3.05) is 18.0 Å². The van der Waals surface area contributed by atoms with Crippen LogP contribution in [-0.4, -0.2) is 25.2 Å². The van der Waals surface area contributed by atoms with Gasteiger partial charge in [0.25, 0.3) is 0 Å². The van der Waals surface area contributed by atoms with Crippen molar-refractivity contribution in [3.63, 3.8) is 0 Å². The summed E-state index contributed by atoms with van der Waals surface area (Å²) in [4.78, 5) is 14.6. The number of amides is 1. The number of fused-ring (bicyclic) bond motifs is 1. The molecule has 0 aliphatic carbocycles. The number of aryl methyl sites for hydroxylation is 1. The fraction of sp³-hybridized carbons (Fsp3) is 0.238. The van der Waals surface area contributed by atoms with Gasteiger partial charge in [0.15, 0.2) is 5.76 Å². The van der Waals surface area contributed by atoms with Crippen molar-refractivity contribution in [3.8, 4) is 0 Å². The number of anilines is 1. The molecular formula is C21H20ClN3O2. The molecule has 3 aromatic rings. The summed E-state index contributed by atoms with van der Waals surface area (Å²) in [6.07, 6.45) is 4.16. The maximum atomic E-state index is 12.2. The van der Waals surface area contributed by atoms with Gasteiger partial charge < -0.3 is 9.32 Å². The Labute approximate surface area is 162 Å². The highest BCUT2D eigenvalue weighted by Crippen LogP contribution is 2.24. The molecule has 0 bridgehead atoms. The van der Waals surface area contributed by atoms with Crippen LogP contribution in [0.25, 0.3) is 11.0 Å². The van der Waals surface area contributed by atoms with Crippen LogP contribution in [0.2, 0.25) is 5.02 Å². The maximum Gasteiger partial charge on any atom is 0.307 e. The minimum Gasteiger partial charge on any atom is -0.451 e. The highest BCUT2D eigenvalue weighted by Gasteiger charge is 2.13. The number of furan rings is 1. The standard InChI is InChI=1S/C21H20ClN3O2/c1-14-10-18(25-8-2-3-9-25)6-4-15(14)13-23-24-21(26)20-12-16-11-17(22)5-7-19(16)27-20/h4-7,10-13H,2-3,8-9H2,1H3,(H,24,26)/b23-13-. The Hall–Kier alpha value is -2.79. The number of nitrogens with one attached hydrogen (secondary N) is 1. The van der Waals surface area contributed by atoms with Crippen LogP contribution < -0.4 is 10.3 Å². The van der Waals surface area contributed by atoms with Gasteiger partial charge in [0.2, 0.25) is 0 Å². The predicted octanol–water partition coefficient (Wildman–Crippen LogP) is 4.76. The molecule has 5 nitrogen and oxygen atoms in total. The molecule has 0 unspecified atom stereocenters. The molecular weight excluding hydrogens is 362 g/mol. The van der Waals surface area contributed by atoms with E-state index in [-0.39, 0.29) is 5.76 Å². The molecule has 0 spiro atoms. The van der Waals surface area contributed by atoms with E-state index in [2.05, 4.69) is 27.6 Å². The predicted molar refractivity (Wildman–Crippen MR) is 109 cm³/mol. The molecule has 4 rings (SSSR count). The second-order valence-corrected chi connectivity index (χ2v) is 7.16. The largest absolute Gasteiger partial charge is 0.451 e. The molecule has 1 fully saturated rings. The molecule has 1 saturated heterocycles. The van der Waals surface area contributed by atoms with Crippen molar-refractivity contribution in [2.45, 2.75) is 19.8 Å². The van der Waals surface area contributed by atoms with Crippen LogP contribution in [-0.2, 0) is 0 Å². The van der Waals surface area contributed by atoms with Gasteiger partial charge in [-0.2, -0.15) is 5.10 Å². The first-order chi connectivity index (χ1) is 13.1. The number of nitrogens with zero attached hydrogens (tertiary/aromatic N) is 2. The van der Waals surface area contributed by atoms with E-state index in [0.29, 0.717) is 10.6 Å². The summed E-state index contributed by atoms with van der Waals surface area (Å²) in [5.41, 5.74) is 6.46. The third kappa shape index (κ3) is 3.83. The first-order valence-corrected chi connectivity index (χ1v) is 9.36. The van der Waals surface area contributed by atoms with E-state index in [0.717, 1.165) is 29.6 Å². The van der Waals surface area contributed by atoms with Gasteiger partial charge in [0.1, 0.15) is 5.58 Å². The first-order valence-electron chi connectivity index (χ1n) is 8.98. The smallest absolute Gasteiger partial charge is 0.307 e. The molecule has 0 saturated carbocycles. The average molecular weight is 382 g/mol. The van der Waals surface area contributed by atoms with E-state index in [1.807, 2.05) is 13.0 Å². The van der Waals surface area contributed by atoms with Gasteiger partial charge in [-0.3, -0.25) is 4.79 Å². The van der Waals surface area contributed by atoms with E-state index in [4.69, 9.17) is 16.0 Å². The lowest BCUT2D eigenvalue weighted by atomic mass is 10.1. The van der Waals surface area contributed by atoms with E-state index < -0.39 is 5.91 Å². The lowest BCUT2D eigenvalue weighted by molar-refractivity contribution is 0.0929. The topological polar surface area (TPSA) is 57.8 Å². The molecule has 27 heavy (non-hydrogen) atoms. The molecule has 0 atom stereocenters. The summed E-state index contributed by atoms with van der Waals surface area (Å²) in [6.45, 7) is 4.28. The van der Waals surface area contributed by atoms with Gasteiger partial charge in [0, 0.05) is 29.2 Å². The van der Waals surface area contributed by atoms with E-state index in [9.17, 15) is 4.79 Å². The summed E-state index contributed by atoms with van der Waals surface area (Å²) in [5.74, 6) is -0.199. The van der Waals surface area contributed by atoms with E-state index >= 15 is 0 Å². The van der Waals surface area contributed by atoms with Crippen LogP contribution in [0.4, 0.5) is 5.69 Å². The van der Waals surface area contributed by atoms with Crippen molar-refractivity contribution >= 4 is 40.4 Å². The Morgan fingerprint density at radius 1 is 1.19 bits per heavy atom. The Bertz CT molecular complexity index is 1020. The molecule has 1 aromatic heterocycles. The van der Waals surface area contributed by atoms with Crippen molar-refractivity contribution < 1.29 is 9.21 Å². The van der Waals surface area contributed by atoms with Gasteiger partial charge in [-0.1, -0.05) is 17.7 Å². The van der Waals surface area contributed by atoms with E-state index in [1.165, 1.54) is 18.5 Å². The Morgan fingerprint density at radius 3 is 2.78 bits per heavy atom. The fourth-order valence-electron chi connectivity index (χ4n) is 3.32. The minimum absolute atomic E-state index is 0.200. The van der Waals surface area contributed by atoms with Gasteiger partial charge in [-0.15, -0.1) is 0 Å². The fourth-order valence-corrected chi connectivity index (χ4v) is 3.50. The highest BCUT2D eigenvalue weighted by molar-refractivity contribution is 6.31. The number of halogens is 1. The van der Waals surface area contributed by atoms with Gasteiger partial charge >= 0.3 is 5.91 Å². The third-order valence-electron chi connectivity index (χ3n) is 4.80. The molecule has 0 radical (unpaired) electrons. The lowest BCUT2D eigenvalue weighted by Gasteiger charge is -2.18. The van der Waals surface area contributed by atoms with Gasteiger partial charge in [-0.25, -0.2) is 5.43 Å². The minimum atomic E-state index is -0.398. The molecule has 1 amide bonds. The van der Waals surface area contributed by atoms with E-state index in [1.54, 1.807) is 30.5 Å². The molecule has 1 aliphatic heterocycles. The van der Waals surface area contributed by atoms with Crippen molar-refractivity contribution in [1.82, 2.24) is 5.43 Å². The van der Waals surface area contributed by atoms with Crippen LogP contribution in [0.5, 0.6) is 0 Å². The first kappa shape index (κ1) is 17.6. The molecule has 138 valence electrons. The summed E-state index contributed by atoms with van der Waals surface area (Å²) in [7, 11) is 0. The summed E-state index contributed by atoms with van der Waals surface area (Å²) in [6, 6.07) is 13.2. The zero-order valence-corrected chi connectivity index (χ0v) is 15.8. The second kappa shape index (κ2) is 7.45. The van der Waals surface area contributed by atoms with Gasteiger partial charge in [-0.05, 0) is 67.3 Å². The Morgan fingerprint density at radius 2 is 2.00 bits per heavy atom. The molecule has 2 aromatic carbocycles. The van der Waals surface area contributed by atoms with Crippen LogP contribution in [0.1, 0.15) is 34.5 Å². The number of carbonyl (C=O) groups is 1. The van der Waals surface area contributed by atoms with Gasteiger partial charge in [0.05, 0.1) is 6.21 Å². The highest BCUT2D eigenvalue weighted by atomic mass is 35.5. The van der Waals surface area contributed by atoms with Crippen LogP contribution in [0.3, 0.4) is 0 Å². The Kier molecular flexibility index (Phi) is 4.86. The van der Waals surface area contributed by atoms with Crippen LogP contribution >= 0.6 is 11.6 Å². The summed E-state index contributed by atoms with van der Waals surface area (Å²) >= 11 is 5.96. The molecule has 1 aliphatic rings. The molecule has 1 N–H and O–H groups in total. The van der Waals surface area contributed by atoms with Crippen LogP contribution in [0, 0.1) is 6.92 Å². The maximum absolute atomic E-state index is 12.2. The average Bonchev–Trinajstić information content (AvgIpc) is 3.32. The number of hydrogen-bond donors (Lipinski definition) is 1. The zero-order chi connectivity index (χ0) is 18.8. The van der Waals surface area contributed by atoms with Crippen LogP contribution in [0.15, 0.2) is 52.0 Å². The van der Waals surface area contributed by atoms with Crippen molar-refractivity contribution in [1.29, 1.82) is 0 Å². The normalized spacial score (nSPS) is 14.4. The van der Waals surface area contributed by atoms with Crippen molar-refractivity contribution in [2.24, 2.45) is 5.10 Å². The molecule has 2 heterocycles. The SMILES string of the molecule is Cc1cc(N2CCCC2)ccc1/C=N\NC(=O)c1cc2cc(Cl)ccc2o1. The number of hydrogen-bond acceptors (Lipinski definition) is 4. The second-order valence-electron chi connectivity index (χ2n) is 6.73. The zero-order valence-electron chi connectivity index (χ0n) is 15.0. The summed E-state index contributed by atoms with van der Waals surface area (Å²) < 4.78 is 5.53. The Balaban J connectivity index is 1.44. The lowest BCUT2D eigenvalue weighted by Crippen LogP contribution is -2.18. The number of carbonyl (C=O) groups excluding carboxylic acids is 1. The monoisotopic (exact) mass is 381 g/mol.